The Bertz CT molecular complexity index is 875. The van der Waals surface area contributed by atoms with Gasteiger partial charge in [-0.2, -0.15) is 0 Å². The van der Waals surface area contributed by atoms with Gasteiger partial charge >= 0.3 is 0 Å². The number of aryl methyl sites for hydroxylation is 1. The highest BCUT2D eigenvalue weighted by atomic mass is 19.1. The van der Waals surface area contributed by atoms with E-state index in [1.807, 2.05) is 0 Å². The number of carbonyl (C=O) groups excluding carboxylic acids is 2. The molecule has 2 heterocycles. The van der Waals surface area contributed by atoms with Crippen molar-refractivity contribution < 1.29 is 19.1 Å². The van der Waals surface area contributed by atoms with E-state index in [-0.39, 0.29) is 18.4 Å². The lowest BCUT2D eigenvalue weighted by Gasteiger charge is -2.31. The maximum absolute atomic E-state index is 14.0. The Morgan fingerprint density at radius 2 is 1.88 bits per heavy atom. The molecule has 0 aromatic heterocycles. The molecular formula is C19H17FN2O3. The lowest BCUT2D eigenvalue weighted by molar-refractivity contribution is 0.0636. The predicted octanol–water partition coefficient (Wildman–Crippen LogP) is 2.32. The summed E-state index contributed by atoms with van der Waals surface area (Å²) in [7, 11) is 0. The number of hydrogen-bond donors (Lipinski definition) is 2. The quantitative estimate of drug-likeness (QED) is 0.823. The summed E-state index contributed by atoms with van der Waals surface area (Å²) in [6, 6.07) is 7.50. The van der Waals surface area contributed by atoms with Gasteiger partial charge in [-0.3, -0.25) is 14.5 Å². The number of phenolic OH excluding ortho intramolecular Hbond substituents is 1. The van der Waals surface area contributed by atoms with Gasteiger partial charge < -0.3 is 10.4 Å². The second-order valence-electron chi connectivity index (χ2n) is 6.44. The van der Waals surface area contributed by atoms with Gasteiger partial charge in [0, 0.05) is 12.1 Å². The second kappa shape index (κ2) is 5.67. The van der Waals surface area contributed by atoms with Crippen molar-refractivity contribution >= 4 is 11.8 Å². The van der Waals surface area contributed by atoms with Gasteiger partial charge in [0.2, 0.25) is 0 Å². The van der Waals surface area contributed by atoms with E-state index < -0.39 is 17.6 Å². The first-order valence-electron chi connectivity index (χ1n) is 8.18. The molecule has 0 radical (unpaired) electrons. The minimum Gasteiger partial charge on any atom is -0.505 e. The molecule has 1 unspecified atom stereocenters. The molecule has 2 amide bonds. The Balaban J connectivity index is 1.71. The molecule has 5 nitrogen and oxygen atoms in total. The van der Waals surface area contributed by atoms with Crippen molar-refractivity contribution in [2.75, 3.05) is 13.1 Å². The topological polar surface area (TPSA) is 69.6 Å². The lowest BCUT2D eigenvalue weighted by Crippen LogP contribution is -2.41. The molecule has 0 fully saturated rings. The van der Waals surface area contributed by atoms with Gasteiger partial charge in [0.05, 0.1) is 17.2 Å². The van der Waals surface area contributed by atoms with Crippen molar-refractivity contribution in [3.8, 4) is 5.75 Å². The molecule has 0 aliphatic carbocycles. The summed E-state index contributed by atoms with van der Waals surface area (Å²) in [4.78, 5) is 26.3. The van der Waals surface area contributed by atoms with Crippen LogP contribution in [0, 0.1) is 12.7 Å². The van der Waals surface area contributed by atoms with Crippen LogP contribution in [0.25, 0.3) is 0 Å². The van der Waals surface area contributed by atoms with Crippen molar-refractivity contribution in [2.24, 2.45) is 0 Å². The number of amides is 2. The Labute approximate surface area is 144 Å². The van der Waals surface area contributed by atoms with Crippen molar-refractivity contribution in [2.45, 2.75) is 19.4 Å². The zero-order chi connectivity index (χ0) is 17.7. The normalized spacial score (nSPS) is 19.1. The van der Waals surface area contributed by atoms with Gasteiger partial charge in [-0.05, 0) is 49.2 Å². The predicted molar refractivity (Wildman–Crippen MR) is 89.1 cm³/mol. The summed E-state index contributed by atoms with van der Waals surface area (Å²) < 4.78 is 14.0. The average molecular weight is 340 g/mol. The number of nitrogens with zero attached hydrogens (tertiary/aromatic N) is 1. The molecule has 0 spiro atoms. The SMILES string of the molecule is Cc1cc(F)c(O)c2c1CCNC2CN1C(=O)c2ccccc2C1=O. The maximum Gasteiger partial charge on any atom is 0.261 e. The molecule has 2 aromatic carbocycles. The summed E-state index contributed by atoms with van der Waals surface area (Å²) in [6.45, 7) is 2.48. The zero-order valence-corrected chi connectivity index (χ0v) is 13.7. The van der Waals surface area contributed by atoms with Gasteiger partial charge in [0.25, 0.3) is 11.8 Å². The molecular weight excluding hydrogens is 323 g/mol. The van der Waals surface area contributed by atoms with Crippen LogP contribution in [0.2, 0.25) is 0 Å². The van der Waals surface area contributed by atoms with E-state index >= 15 is 0 Å². The van der Waals surface area contributed by atoms with Crippen LogP contribution in [0.15, 0.2) is 30.3 Å². The van der Waals surface area contributed by atoms with Gasteiger partial charge in [0.15, 0.2) is 11.6 Å². The van der Waals surface area contributed by atoms with Crippen molar-refractivity contribution in [1.29, 1.82) is 0 Å². The molecule has 0 saturated carbocycles. The number of nitrogens with one attached hydrogen (secondary N) is 1. The fourth-order valence-electron chi connectivity index (χ4n) is 3.75. The molecule has 0 saturated heterocycles. The van der Waals surface area contributed by atoms with Crippen LogP contribution in [-0.2, 0) is 6.42 Å². The highest BCUT2D eigenvalue weighted by Crippen LogP contribution is 2.37. The van der Waals surface area contributed by atoms with Crippen LogP contribution in [0.4, 0.5) is 4.39 Å². The van der Waals surface area contributed by atoms with E-state index in [4.69, 9.17) is 0 Å². The fraction of sp³-hybridized carbons (Fsp3) is 0.263. The second-order valence-corrected chi connectivity index (χ2v) is 6.44. The maximum atomic E-state index is 14.0. The highest BCUT2D eigenvalue weighted by Gasteiger charge is 2.38. The van der Waals surface area contributed by atoms with Gasteiger partial charge in [-0.1, -0.05) is 12.1 Å². The molecule has 6 heteroatoms. The third-order valence-corrected chi connectivity index (χ3v) is 4.98. The molecule has 2 aromatic rings. The molecule has 1 atom stereocenters. The lowest BCUT2D eigenvalue weighted by atomic mass is 9.89. The molecule has 4 rings (SSSR count). The first-order chi connectivity index (χ1) is 12.0. The highest BCUT2D eigenvalue weighted by molar-refractivity contribution is 6.21. The van der Waals surface area contributed by atoms with Crippen molar-refractivity contribution in [1.82, 2.24) is 10.2 Å². The molecule has 25 heavy (non-hydrogen) atoms. The summed E-state index contributed by atoms with van der Waals surface area (Å²) in [5, 5.41) is 13.4. The first-order valence-corrected chi connectivity index (χ1v) is 8.18. The minimum atomic E-state index is -0.688. The summed E-state index contributed by atoms with van der Waals surface area (Å²) in [5.41, 5.74) is 2.84. The Hall–Kier alpha value is -2.73. The fourth-order valence-corrected chi connectivity index (χ4v) is 3.75. The smallest absolute Gasteiger partial charge is 0.261 e. The van der Waals surface area contributed by atoms with Crippen molar-refractivity contribution in [3.05, 3.63) is 64.0 Å². The van der Waals surface area contributed by atoms with E-state index in [2.05, 4.69) is 5.32 Å². The zero-order valence-electron chi connectivity index (χ0n) is 13.7. The van der Waals surface area contributed by atoms with Crippen LogP contribution in [0.3, 0.4) is 0 Å². The third-order valence-electron chi connectivity index (χ3n) is 4.98. The third kappa shape index (κ3) is 2.33. The number of aromatic hydroxyl groups is 1. The summed E-state index contributed by atoms with van der Waals surface area (Å²) in [5.74, 6) is -1.81. The Morgan fingerprint density at radius 3 is 2.52 bits per heavy atom. The molecule has 2 N–H and O–H groups in total. The number of rotatable bonds is 2. The van der Waals surface area contributed by atoms with Crippen LogP contribution < -0.4 is 5.32 Å². The number of carbonyl (C=O) groups is 2. The summed E-state index contributed by atoms with van der Waals surface area (Å²) >= 11 is 0. The van der Waals surface area contributed by atoms with Crippen molar-refractivity contribution in [3.63, 3.8) is 0 Å². The van der Waals surface area contributed by atoms with E-state index in [0.717, 1.165) is 16.0 Å². The summed E-state index contributed by atoms with van der Waals surface area (Å²) in [6.07, 6.45) is 0.660. The monoisotopic (exact) mass is 340 g/mol. The van der Waals surface area contributed by atoms with Crippen LogP contribution in [0.5, 0.6) is 5.75 Å². The number of imide groups is 1. The van der Waals surface area contributed by atoms with E-state index in [1.54, 1.807) is 31.2 Å². The van der Waals surface area contributed by atoms with Gasteiger partial charge in [-0.15, -0.1) is 0 Å². The van der Waals surface area contributed by atoms with Crippen LogP contribution >= 0.6 is 0 Å². The largest absolute Gasteiger partial charge is 0.505 e. The molecule has 2 aliphatic rings. The Morgan fingerprint density at radius 1 is 1.24 bits per heavy atom. The van der Waals surface area contributed by atoms with Crippen LogP contribution in [0.1, 0.15) is 43.4 Å². The number of halogens is 1. The average Bonchev–Trinajstić information content (AvgIpc) is 2.85. The van der Waals surface area contributed by atoms with E-state index in [9.17, 15) is 19.1 Å². The number of benzene rings is 2. The number of hydrogen-bond acceptors (Lipinski definition) is 4. The number of phenols is 1. The molecule has 2 aliphatic heterocycles. The van der Waals surface area contributed by atoms with E-state index in [1.165, 1.54) is 6.07 Å². The molecule has 128 valence electrons. The standard InChI is InChI=1S/C19H17FN2O3/c1-10-8-14(20)17(23)16-11(10)6-7-21-15(16)9-22-18(24)12-4-2-3-5-13(12)19(22)25/h2-5,8,15,21,23H,6-7,9H2,1H3. The number of fused-ring (bicyclic) bond motifs is 2. The minimum absolute atomic E-state index is 0.0514. The first kappa shape index (κ1) is 15.8. The van der Waals surface area contributed by atoms with Crippen LogP contribution in [-0.4, -0.2) is 34.9 Å². The Kier molecular flexibility index (Phi) is 3.58. The van der Waals surface area contributed by atoms with Gasteiger partial charge in [-0.25, -0.2) is 4.39 Å². The van der Waals surface area contributed by atoms with Gasteiger partial charge in [0.1, 0.15) is 0 Å². The van der Waals surface area contributed by atoms with E-state index in [0.29, 0.717) is 29.7 Å². The molecule has 0 bridgehead atoms.